The van der Waals surface area contributed by atoms with Gasteiger partial charge in [0.1, 0.15) is 5.69 Å². The highest BCUT2D eigenvalue weighted by Gasteiger charge is 2.15. The molecule has 0 spiro atoms. The molecule has 0 fully saturated rings. The third-order valence-electron chi connectivity index (χ3n) is 1.95. The minimum absolute atomic E-state index is 0.135. The molecule has 0 aliphatic rings. The first kappa shape index (κ1) is 10.3. The Bertz CT molecular complexity index is 510. The van der Waals surface area contributed by atoms with Crippen LogP contribution in [0.15, 0.2) is 24.3 Å². The van der Waals surface area contributed by atoms with Crippen LogP contribution in [-0.4, -0.2) is 15.4 Å². The first-order valence-electron chi connectivity index (χ1n) is 4.27. The predicted octanol–water partition coefficient (Wildman–Crippen LogP) is 2.73. The van der Waals surface area contributed by atoms with Gasteiger partial charge >= 0.3 is 0 Å². The van der Waals surface area contributed by atoms with Gasteiger partial charge in [-0.05, 0) is 30.6 Å². The molecule has 0 saturated heterocycles. The molecule has 2 rings (SSSR count). The second-order valence-corrected chi connectivity index (χ2v) is 4.41. The van der Waals surface area contributed by atoms with E-state index in [-0.39, 0.29) is 5.78 Å². The van der Waals surface area contributed by atoms with Crippen molar-refractivity contribution in [3.63, 3.8) is 0 Å². The van der Waals surface area contributed by atoms with Crippen molar-refractivity contribution in [2.75, 3.05) is 0 Å². The van der Waals surface area contributed by atoms with Crippen LogP contribution in [0.25, 0.3) is 0 Å². The molecule has 1 aromatic carbocycles. The molecule has 0 radical (unpaired) electrons. The molecule has 76 valence electrons. The van der Waals surface area contributed by atoms with Gasteiger partial charge in [-0.3, -0.25) is 4.79 Å². The number of hydrogen-bond donors (Lipinski definition) is 0. The summed E-state index contributed by atoms with van der Waals surface area (Å²) in [4.78, 5) is 12.7. The van der Waals surface area contributed by atoms with E-state index >= 15 is 0 Å². The van der Waals surface area contributed by atoms with Crippen molar-refractivity contribution in [3.05, 3.63) is 45.4 Å². The van der Waals surface area contributed by atoms with Gasteiger partial charge in [0.05, 0.1) is 4.88 Å². The van der Waals surface area contributed by atoms with Crippen molar-refractivity contribution in [1.82, 2.24) is 9.59 Å². The summed E-state index contributed by atoms with van der Waals surface area (Å²) < 4.78 is 3.73. The molecule has 0 aliphatic heterocycles. The number of halogens is 1. The largest absolute Gasteiger partial charge is 0.287 e. The molecule has 0 N–H and O–H groups in total. The van der Waals surface area contributed by atoms with Gasteiger partial charge in [0.15, 0.2) is 0 Å². The molecule has 0 saturated carbocycles. The maximum absolute atomic E-state index is 11.9. The van der Waals surface area contributed by atoms with Gasteiger partial charge in [-0.25, -0.2) is 0 Å². The van der Waals surface area contributed by atoms with E-state index in [0.717, 1.165) is 4.88 Å². The van der Waals surface area contributed by atoms with E-state index in [1.165, 1.54) is 11.5 Å². The van der Waals surface area contributed by atoms with Crippen molar-refractivity contribution >= 4 is 28.9 Å². The highest BCUT2D eigenvalue weighted by molar-refractivity contribution is 7.05. The zero-order valence-electron chi connectivity index (χ0n) is 7.90. The number of nitrogens with zero attached hydrogens (tertiary/aromatic N) is 2. The zero-order chi connectivity index (χ0) is 10.8. The standard InChI is InChI=1S/C10H7ClN2OS/c1-6-9(12-13-15-6)10(14)7-3-2-4-8(11)5-7/h2-5H,1H3. The highest BCUT2D eigenvalue weighted by atomic mass is 35.5. The second-order valence-electron chi connectivity index (χ2n) is 3.02. The van der Waals surface area contributed by atoms with E-state index < -0.39 is 0 Å². The molecule has 15 heavy (non-hydrogen) atoms. The topological polar surface area (TPSA) is 42.9 Å². The van der Waals surface area contributed by atoms with Crippen molar-refractivity contribution in [1.29, 1.82) is 0 Å². The number of benzene rings is 1. The molecule has 2 aromatic rings. The molecule has 0 atom stereocenters. The molecule has 5 heteroatoms. The Hall–Kier alpha value is -1.26. The number of aryl methyl sites for hydroxylation is 1. The van der Waals surface area contributed by atoms with Crippen LogP contribution in [-0.2, 0) is 0 Å². The normalized spacial score (nSPS) is 10.3. The molecule has 1 aromatic heterocycles. The van der Waals surface area contributed by atoms with E-state index in [9.17, 15) is 4.79 Å². The lowest BCUT2D eigenvalue weighted by molar-refractivity contribution is 0.103. The molecule has 0 aliphatic carbocycles. The Balaban J connectivity index is 2.41. The first-order valence-corrected chi connectivity index (χ1v) is 5.43. The Labute approximate surface area is 95.9 Å². The van der Waals surface area contributed by atoms with Crippen LogP contribution in [0.1, 0.15) is 20.9 Å². The van der Waals surface area contributed by atoms with Gasteiger partial charge in [0.25, 0.3) is 0 Å². The number of hydrogen-bond acceptors (Lipinski definition) is 4. The van der Waals surface area contributed by atoms with Gasteiger partial charge in [-0.15, -0.1) is 5.10 Å². The molecule has 0 amide bonds. The fraction of sp³-hybridized carbons (Fsp3) is 0.100. The summed E-state index contributed by atoms with van der Waals surface area (Å²) in [6, 6.07) is 6.81. The van der Waals surface area contributed by atoms with Crippen molar-refractivity contribution in [2.45, 2.75) is 6.92 Å². The van der Waals surface area contributed by atoms with E-state index in [2.05, 4.69) is 9.59 Å². The first-order chi connectivity index (χ1) is 7.18. The van der Waals surface area contributed by atoms with Gasteiger partial charge in [-0.2, -0.15) is 0 Å². The van der Waals surface area contributed by atoms with Crippen molar-refractivity contribution in [3.8, 4) is 0 Å². The van der Waals surface area contributed by atoms with Crippen LogP contribution >= 0.6 is 23.1 Å². The Morgan fingerprint density at radius 1 is 1.47 bits per heavy atom. The van der Waals surface area contributed by atoms with Gasteiger partial charge in [0, 0.05) is 10.6 Å². The lowest BCUT2D eigenvalue weighted by Gasteiger charge is -1.98. The minimum atomic E-state index is -0.135. The van der Waals surface area contributed by atoms with Crippen LogP contribution in [0.2, 0.25) is 5.02 Å². The quantitative estimate of drug-likeness (QED) is 0.756. The van der Waals surface area contributed by atoms with Crippen LogP contribution in [0.5, 0.6) is 0 Å². The predicted molar refractivity (Wildman–Crippen MR) is 59.5 cm³/mol. The monoisotopic (exact) mass is 238 g/mol. The lowest BCUT2D eigenvalue weighted by Crippen LogP contribution is -2.03. The van der Waals surface area contributed by atoms with Crippen LogP contribution < -0.4 is 0 Å². The maximum Gasteiger partial charge on any atom is 0.214 e. The molecule has 3 nitrogen and oxygen atoms in total. The third-order valence-corrected chi connectivity index (χ3v) is 2.82. The van der Waals surface area contributed by atoms with Gasteiger partial charge in [0.2, 0.25) is 5.78 Å². The van der Waals surface area contributed by atoms with Gasteiger partial charge < -0.3 is 0 Å². The number of rotatable bonds is 2. The number of carbonyl (C=O) groups is 1. The lowest BCUT2D eigenvalue weighted by atomic mass is 10.1. The second kappa shape index (κ2) is 4.08. The third kappa shape index (κ3) is 2.06. The summed E-state index contributed by atoms with van der Waals surface area (Å²) in [5.41, 5.74) is 0.945. The summed E-state index contributed by atoms with van der Waals surface area (Å²) in [6.07, 6.45) is 0. The smallest absolute Gasteiger partial charge is 0.214 e. The number of aromatic nitrogens is 2. The molecule has 0 unspecified atom stereocenters. The average molecular weight is 239 g/mol. The molecule has 0 bridgehead atoms. The number of ketones is 1. The van der Waals surface area contributed by atoms with Gasteiger partial charge in [-0.1, -0.05) is 28.2 Å². The fourth-order valence-corrected chi connectivity index (χ4v) is 1.86. The maximum atomic E-state index is 11.9. The highest BCUT2D eigenvalue weighted by Crippen LogP contribution is 2.17. The van der Waals surface area contributed by atoms with Crippen molar-refractivity contribution in [2.24, 2.45) is 0 Å². The van der Waals surface area contributed by atoms with E-state index in [0.29, 0.717) is 16.3 Å². The average Bonchev–Trinajstić information content (AvgIpc) is 2.63. The number of carbonyl (C=O) groups excluding carboxylic acids is 1. The SMILES string of the molecule is Cc1snnc1C(=O)c1cccc(Cl)c1. The molecular weight excluding hydrogens is 232 g/mol. The summed E-state index contributed by atoms with van der Waals surface area (Å²) in [7, 11) is 0. The van der Waals surface area contributed by atoms with E-state index in [4.69, 9.17) is 11.6 Å². The van der Waals surface area contributed by atoms with Crippen LogP contribution in [0, 0.1) is 6.92 Å². The summed E-state index contributed by atoms with van der Waals surface area (Å²) in [5, 5.41) is 4.34. The summed E-state index contributed by atoms with van der Waals surface area (Å²) >= 11 is 7.02. The van der Waals surface area contributed by atoms with E-state index in [1.54, 1.807) is 24.3 Å². The Morgan fingerprint density at radius 2 is 2.27 bits per heavy atom. The Kier molecular flexibility index (Phi) is 2.79. The summed E-state index contributed by atoms with van der Waals surface area (Å²) in [5.74, 6) is -0.135. The zero-order valence-corrected chi connectivity index (χ0v) is 9.47. The van der Waals surface area contributed by atoms with Crippen LogP contribution in [0.4, 0.5) is 0 Å². The fourth-order valence-electron chi connectivity index (χ4n) is 1.21. The minimum Gasteiger partial charge on any atom is -0.287 e. The Morgan fingerprint density at radius 3 is 2.87 bits per heavy atom. The molecule has 1 heterocycles. The van der Waals surface area contributed by atoms with E-state index in [1.807, 2.05) is 6.92 Å². The van der Waals surface area contributed by atoms with Crippen molar-refractivity contribution < 1.29 is 4.79 Å². The summed E-state index contributed by atoms with van der Waals surface area (Å²) in [6.45, 7) is 1.82. The van der Waals surface area contributed by atoms with Crippen LogP contribution in [0.3, 0.4) is 0 Å². The molecular formula is C10H7ClN2OS.